The summed E-state index contributed by atoms with van der Waals surface area (Å²) >= 11 is 12.0. The van der Waals surface area contributed by atoms with Gasteiger partial charge in [-0.3, -0.25) is 0 Å². The molecule has 0 fully saturated rings. The van der Waals surface area contributed by atoms with Crippen LogP contribution in [-0.2, 0) is 7.05 Å². The second kappa shape index (κ2) is 3.20. The van der Waals surface area contributed by atoms with Crippen LogP contribution in [0.5, 0.6) is 0 Å². The zero-order chi connectivity index (χ0) is 10.3. The molecule has 1 aromatic carbocycles. The molecule has 0 atom stereocenters. The van der Waals surface area contributed by atoms with Crippen LogP contribution < -0.4 is 0 Å². The van der Waals surface area contributed by atoms with Crippen molar-refractivity contribution in [1.29, 1.82) is 5.26 Å². The quantitative estimate of drug-likeness (QED) is 0.675. The predicted octanol–water partition coefficient (Wildman–Crippen LogP) is 3.36. The van der Waals surface area contributed by atoms with Crippen molar-refractivity contribution in [3.8, 4) is 6.07 Å². The summed E-state index contributed by atoms with van der Waals surface area (Å²) in [5.74, 6) is 0. The molecule has 0 aliphatic rings. The monoisotopic (exact) mass is 224 g/mol. The Morgan fingerprint density at radius 1 is 1.36 bits per heavy atom. The van der Waals surface area contributed by atoms with E-state index in [1.165, 1.54) is 0 Å². The molecule has 14 heavy (non-hydrogen) atoms. The first-order valence-corrected chi connectivity index (χ1v) is 4.75. The maximum absolute atomic E-state index is 8.93. The summed E-state index contributed by atoms with van der Waals surface area (Å²) in [4.78, 5) is 0. The molecule has 2 aromatic rings. The molecule has 0 aliphatic heterocycles. The van der Waals surface area contributed by atoms with E-state index in [0.29, 0.717) is 15.7 Å². The summed E-state index contributed by atoms with van der Waals surface area (Å²) in [5.41, 5.74) is 1.28. The van der Waals surface area contributed by atoms with Gasteiger partial charge in [0.05, 0.1) is 16.1 Å². The molecule has 0 saturated carbocycles. The molecule has 4 heteroatoms. The Balaban J connectivity index is 3.05. The smallest absolute Gasteiger partial charge is 0.127 e. The van der Waals surface area contributed by atoms with Crippen LogP contribution in [0.15, 0.2) is 18.2 Å². The molecule has 2 nitrogen and oxygen atoms in total. The van der Waals surface area contributed by atoms with Gasteiger partial charge in [-0.05, 0) is 6.07 Å². The van der Waals surface area contributed by atoms with Gasteiger partial charge >= 0.3 is 0 Å². The number of hydrogen-bond acceptors (Lipinski definition) is 1. The van der Waals surface area contributed by atoms with Crippen molar-refractivity contribution in [3.05, 3.63) is 33.9 Å². The molecular formula is C10H6Cl2N2. The molecule has 2 rings (SSSR count). The summed E-state index contributed by atoms with van der Waals surface area (Å²) in [6.07, 6.45) is 0. The number of aryl methyl sites for hydroxylation is 1. The maximum Gasteiger partial charge on any atom is 0.127 e. The summed E-state index contributed by atoms with van der Waals surface area (Å²) < 4.78 is 1.72. The highest BCUT2D eigenvalue weighted by Crippen LogP contribution is 2.32. The van der Waals surface area contributed by atoms with Crippen molar-refractivity contribution in [3.63, 3.8) is 0 Å². The van der Waals surface area contributed by atoms with Gasteiger partial charge < -0.3 is 4.57 Å². The van der Waals surface area contributed by atoms with Crippen LogP contribution in [0, 0.1) is 11.3 Å². The van der Waals surface area contributed by atoms with Gasteiger partial charge in [0.15, 0.2) is 0 Å². The lowest BCUT2D eigenvalue weighted by Gasteiger charge is -1.98. The summed E-state index contributed by atoms with van der Waals surface area (Å²) in [5, 5.41) is 10.8. The van der Waals surface area contributed by atoms with Crippen molar-refractivity contribution in [2.45, 2.75) is 0 Å². The number of para-hydroxylation sites is 1. The third kappa shape index (κ3) is 1.10. The number of aromatic nitrogens is 1. The van der Waals surface area contributed by atoms with Crippen LogP contribution in [-0.4, -0.2) is 4.57 Å². The van der Waals surface area contributed by atoms with Gasteiger partial charge in [0.25, 0.3) is 0 Å². The van der Waals surface area contributed by atoms with Crippen LogP contribution >= 0.6 is 23.2 Å². The lowest BCUT2D eigenvalue weighted by Crippen LogP contribution is -1.86. The molecule has 0 N–H and O–H groups in total. The Hall–Kier alpha value is -1.17. The third-order valence-corrected chi connectivity index (χ3v) is 2.95. The highest BCUT2D eigenvalue weighted by Gasteiger charge is 2.14. The van der Waals surface area contributed by atoms with Crippen molar-refractivity contribution < 1.29 is 0 Å². The van der Waals surface area contributed by atoms with Gasteiger partial charge in [-0.15, -0.1) is 0 Å². The van der Waals surface area contributed by atoms with E-state index in [2.05, 4.69) is 6.07 Å². The average Bonchev–Trinajstić information content (AvgIpc) is 2.41. The molecule has 0 unspecified atom stereocenters. The maximum atomic E-state index is 8.93. The minimum atomic E-state index is 0.426. The van der Waals surface area contributed by atoms with Gasteiger partial charge in [-0.25, -0.2) is 0 Å². The molecule has 1 heterocycles. The third-order valence-electron chi connectivity index (χ3n) is 2.20. The number of fused-ring (bicyclic) bond motifs is 1. The topological polar surface area (TPSA) is 28.7 Å². The zero-order valence-corrected chi connectivity index (χ0v) is 8.89. The van der Waals surface area contributed by atoms with E-state index in [-0.39, 0.29) is 0 Å². The van der Waals surface area contributed by atoms with E-state index in [0.717, 1.165) is 10.9 Å². The average molecular weight is 225 g/mol. The number of halogens is 2. The number of nitrogens with zero attached hydrogens (tertiary/aromatic N) is 2. The van der Waals surface area contributed by atoms with E-state index in [1.54, 1.807) is 17.7 Å². The normalized spacial score (nSPS) is 10.4. The Bertz CT molecular complexity index is 549. The fourth-order valence-corrected chi connectivity index (χ4v) is 2.07. The standard InChI is InChI=1S/C10H6Cl2N2/c1-14-9-6(3-2-4-8(9)11)7(5-13)10(14)12/h2-4H,1H3. The lowest BCUT2D eigenvalue weighted by atomic mass is 10.2. The SMILES string of the molecule is Cn1c(Cl)c(C#N)c2cccc(Cl)c21. The van der Waals surface area contributed by atoms with Crippen molar-refractivity contribution in [2.24, 2.45) is 7.05 Å². The van der Waals surface area contributed by atoms with Crippen molar-refractivity contribution in [1.82, 2.24) is 4.57 Å². The largest absolute Gasteiger partial charge is 0.332 e. The van der Waals surface area contributed by atoms with Gasteiger partial charge in [-0.1, -0.05) is 35.3 Å². The van der Waals surface area contributed by atoms with E-state index >= 15 is 0 Å². The second-order valence-corrected chi connectivity index (χ2v) is 3.74. The number of benzene rings is 1. The van der Waals surface area contributed by atoms with Crippen LogP contribution in [0.1, 0.15) is 5.56 Å². The molecule has 0 spiro atoms. The zero-order valence-electron chi connectivity index (χ0n) is 7.38. The molecule has 0 bridgehead atoms. The fourth-order valence-electron chi connectivity index (χ4n) is 1.54. The summed E-state index contributed by atoms with van der Waals surface area (Å²) in [6, 6.07) is 7.50. The minimum absolute atomic E-state index is 0.426. The number of hydrogen-bond donors (Lipinski definition) is 0. The molecule has 1 aromatic heterocycles. The van der Waals surface area contributed by atoms with Gasteiger partial charge in [-0.2, -0.15) is 5.26 Å². The van der Waals surface area contributed by atoms with Gasteiger partial charge in [0.2, 0.25) is 0 Å². The predicted molar refractivity (Wildman–Crippen MR) is 57.7 cm³/mol. The Kier molecular flexibility index (Phi) is 2.14. The van der Waals surface area contributed by atoms with Crippen molar-refractivity contribution in [2.75, 3.05) is 0 Å². The Labute approximate surface area is 91.3 Å². The number of nitriles is 1. The van der Waals surface area contributed by atoms with Crippen LogP contribution in [0.4, 0.5) is 0 Å². The minimum Gasteiger partial charge on any atom is -0.332 e. The molecule has 0 radical (unpaired) electrons. The first-order valence-electron chi connectivity index (χ1n) is 3.99. The van der Waals surface area contributed by atoms with Crippen molar-refractivity contribution >= 4 is 34.1 Å². The number of rotatable bonds is 0. The molecule has 70 valence electrons. The summed E-state index contributed by atoms with van der Waals surface area (Å²) in [6.45, 7) is 0. The van der Waals surface area contributed by atoms with E-state index in [1.807, 2.05) is 12.1 Å². The fraction of sp³-hybridized carbons (Fsp3) is 0.100. The molecular weight excluding hydrogens is 219 g/mol. The Morgan fingerprint density at radius 2 is 2.07 bits per heavy atom. The van der Waals surface area contributed by atoms with Gasteiger partial charge in [0, 0.05) is 12.4 Å². The molecule has 0 saturated heterocycles. The van der Waals surface area contributed by atoms with E-state index < -0.39 is 0 Å². The van der Waals surface area contributed by atoms with Crippen LogP contribution in [0.25, 0.3) is 10.9 Å². The highest BCUT2D eigenvalue weighted by atomic mass is 35.5. The molecule has 0 amide bonds. The Morgan fingerprint density at radius 3 is 2.71 bits per heavy atom. The van der Waals surface area contributed by atoms with Crippen LogP contribution in [0.3, 0.4) is 0 Å². The molecule has 0 aliphatic carbocycles. The second-order valence-electron chi connectivity index (χ2n) is 2.97. The van der Waals surface area contributed by atoms with Crippen LogP contribution in [0.2, 0.25) is 10.2 Å². The first kappa shape index (κ1) is 9.39. The lowest BCUT2D eigenvalue weighted by molar-refractivity contribution is 0.968. The highest BCUT2D eigenvalue weighted by molar-refractivity contribution is 6.37. The van der Waals surface area contributed by atoms with E-state index in [9.17, 15) is 0 Å². The van der Waals surface area contributed by atoms with Gasteiger partial charge in [0.1, 0.15) is 11.2 Å². The van der Waals surface area contributed by atoms with E-state index in [4.69, 9.17) is 28.5 Å². The summed E-state index contributed by atoms with van der Waals surface area (Å²) in [7, 11) is 1.79. The first-order chi connectivity index (χ1) is 6.66.